The number of nitrogens with zero attached hydrogens (tertiary/aromatic N) is 2. The molecule has 2 aliphatic rings. The van der Waals surface area contributed by atoms with Crippen LogP contribution in [0, 0.1) is 11.8 Å². The second-order valence-corrected chi connectivity index (χ2v) is 23.1. The van der Waals surface area contributed by atoms with Gasteiger partial charge in [0.05, 0.1) is 12.9 Å². The summed E-state index contributed by atoms with van der Waals surface area (Å²) in [6, 6.07) is 1.93. The van der Waals surface area contributed by atoms with Gasteiger partial charge < -0.3 is 83.8 Å². The molecule has 0 spiro atoms. The minimum atomic E-state index is -5.08. The molecule has 2 aliphatic heterocycles. The third-order valence-electron chi connectivity index (χ3n) is 14.9. The molecule has 498 valence electrons. The number of likely N-dealkylation sites (tertiary alicyclic amines) is 1. The highest BCUT2D eigenvalue weighted by atomic mass is 19.4. The number of alkyl halides is 3. The van der Waals surface area contributed by atoms with Gasteiger partial charge in [-0.05, 0) is 99.6 Å². The van der Waals surface area contributed by atoms with Crippen molar-refractivity contribution in [2.24, 2.45) is 17.6 Å². The fraction of sp³-hybridized carbons (Fsp3) is 0.533. The summed E-state index contributed by atoms with van der Waals surface area (Å²) in [5.74, 6) is -9.89. The van der Waals surface area contributed by atoms with Crippen LogP contribution in [-0.2, 0) is 72.0 Å². The van der Waals surface area contributed by atoms with Gasteiger partial charge in [0.25, 0.3) is 0 Å². The van der Waals surface area contributed by atoms with E-state index in [1.807, 2.05) is 33.8 Å². The van der Waals surface area contributed by atoms with Crippen LogP contribution in [0.2, 0.25) is 0 Å². The van der Waals surface area contributed by atoms with Crippen LogP contribution in [0.15, 0.2) is 67.3 Å². The normalized spacial score (nSPS) is 17.0. The molecule has 0 aliphatic carbocycles. The summed E-state index contributed by atoms with van der Waals surface area (Å²) in [6.07, 6.45) is 0.982. The van der Waals surface area contributed by atoms with Gasteiger partial charge in [-0.1, -0.05) is 58.0 Å². The number of hydrogen-bond donors (Lipinski definition) is 15. The number of carbonyl (C=O) groups is 11. The third kappa shape index (κ3) is 22.4. The van der Waals surface area contributed by atoms with Crippen LogP contribution in [0.25, 0.3) is 10.9 Å². The number of para-hydroxylation sites is 1. The summed E-state index contributed by atoms with van der Waals surface area (Å²) in [4.78, 5) is 159. The smallest absolute Gasteiger partial charge is 0.490 e. The van der Waals surface area contributed by atoms with Gasteiger partial charge in [-0.25, -0.2) is 9.78 Å². The Kier molecular flexibility index (Phi) is 27.7. The van der Waals surface area contributed by atoms with Gasteiger partial charge in [-0.2, -0.15) is 13.2 Å². The number of aliphatic hydroxyl groups is 1. The average Bonchev–Trinajstić information content (AvgIpc) is 2.22. The summed E-state index contributed by atoms with van der Waals surface area (Å²) < 4.78 is 31.7. The molecule has 2 saturated heterocycles. The van der Waals surface area contributed by atoms with Crippen molar-refractivity contribution >= 4 is 75.9 Å². The average molecular weight is 1280 g/mol. The number of aromatic nitrogens is 3. The highest BCUT2D eigenvalue weighted by Gasteiger charge is 2.41. The van der Waals surface area contributed by atoms with Crippen LogP contribution in [0.3, 0.4) is 0 Å². The number of rotatable bonds is 31. The number of carboxylic acid groups (broad SMARTS) is 1. The lowest BCUT2D eigenvalue weighted by molar-refractivity contribution is -0.192. The number of aromatic amines is 2. The first-order chi connectivity index (χ1) is 43.1. The number of fused-ring (bicyclic) bond motifs is 1. The largest absolute Gasteiger partial charge is 0.508 e. The number of imidazole rings is 1. The number of nitrogens with two attached hydrogens (primary N) is 1. The Hall–Kier alpha value is -9.13. The first-order valence-electron chi connectivity index (χ1n) is 30.0. The number of carbonyl (C=O) groups excluding carboxylic acids is 10. The summed E-state index contributed by atoms with van der Waals surface area (Å²) in [5, 5.41) is 52.9. The monoisotopic (exact) mass is 1280 g/mol. The fourth-order valence-electron chi connectivity index (χ4n) is 10.3. The van der Waals surface area contributed by atoms with E-state index in [9.17, 15) is 71.3 Å². The first-order valence-corrected chi connectivity index (χ1v) is 30.0. The lowest BCUT2D eigenvalue weighted by Gasteiger charge is -2.31. The number of aliphatic carboxylic acids is 1. The van der Waals surface area contributed by atoms with E-state index in [1.54, 1.807) is 31.3 Å². The molecule has 2 fully saturated rings. The lowest BCUT2D eigenvalue weighted by atomic mass is 9.98. The standard InChI is InChI=1S/C58H82N14O12.C2HF3O2/c1-6-61-57(83)48-14-10-22-72(48)58(84)41(13-9-21-59)65-51(77)42(23-32(2)3)66-52(78)43(24-33(4)5)67-53(79)44(25-34-15-17-37(74)18-16-34)68-54(80)45(26-35-28-62-39-12-8-7-11-38(35)39)69-56(82)47(30-73)71-55(81)46(27-36-29-60-31-63-36)70-50(76)40-19-20-49(75)64-40;3-2(4,5)1(6)7/h7-8,11-12,15-18,28-29,31-33,40-48,62,73-74H,6,9-10,13-14,19-27,30,59H2,1-5H3,(H,60,63)(H,61,83)(H,64,75)(H,65,77)(H,66,78)(H,67,79)(H,68,80)(H,69,82)(H,70,76)(H,71,81);(H,6,7)/t40-,41-,42-,43+,44-,45-,46-,47-,48-;/m0./s1. The number of benzene rings is 2. The molecule has 31 heteroatoms. The van der Waals surface area contributed by atoms with Crippen molar-refractivity contribution in [3.63, 3.8) is 0 Å². The molecule has 0 unspecified atom stereocenters. The summed E-state index contributed by atoms with van der Waals surface area (Å²) in [5.41, 5.74) is 8.05. The van der Waals surface area contributed by atoms with Crippen molar-refractivity contribution < 1.29 is 81.2 Å². The van der Waals surface area contributed by atoms with Crippen molar-refractivity contribution in [1.29, 1.82) is 0 Å². The minimum Gasteiger partial charge on any atom is -0.508 e. The van der Waals surface area contributed by atoms with Gasteiger partial charge in [0.15, 0.2) is 0 Å². The molecule has 2 aromatic carbocycles. The molecule has 4 heterocycles. The first kappa shape index (κ1) is 72.6. The Morgan fingerprint density at radius 1 is 0.703 bits per heavy atom. The number of halogens is 3. The Labute approximate surface area is 522 Å². The van der Waals surface area contributed by atoms with Gasteiger partial charge in [-0.15, -0.1) is 0 Å². The van der Waals surface area contributed by atoms with E-state index in [4.69, 9.17) is 15.6 Å². The molecule has 6 rings (SSSR count). The Balaban J connectivity index is 0.00000202. The predicted octanol–water partition coefficient (Wildman–Crippen LogP) is -0.120. The van der Waals surface area contributed by atoms with E-state index in [0.717, 1.165) is 0 Å². The van der Waals surface area contributed by atoms with Gasteiger partial charge in [0.1, 0.15) is 60.1 Å². The fourth-order valence-corrected chi connectivity index (χ4v) is 10.3. The molecule has 28 nitrogen and oxygen atoms in total. The lowest BCUT2D eigenvalue weighted by Crippen LogP contribution is -2.61. The molecular formula is C60H83F3N14O14. The number of amides is 10. The van der Waals surface area contributed by atoms with Crippen molar-refractivity contribution in [3.8, 4) is 5.75 Å². The number of phenols is 1. The van der Waals surface area contributed by atoms with E-state index in [0.29, 0.717) is 60.1 Å². The van der Waals surface area contributed by atoms with Crippen LogP contribution in [0.5, 0.6) is 5.75 Å². The van der Waals surface area contributed by atoms with Crippen LogP contribution in [0.4, 0.5) is 13.2 Å². The highest BCUT2D eigenvalue weighted by molar-refractivity contribution is 5.99. The van der Waals surface area contributed by atoms with Crippen molar-refractivity contribution in [2.45, 2.75) is 166 Å². The maximum absolute atomic E-state index is 14.9. The number of H-pyrrole nitrogens is 2. The topological polar surface area (TPSA) is 430 Å². The summed E-state index contributed by atoms with van der Waals surface area (Å²) in [6.45, 7) is 9.10. The molecule has 4 aromatic rings. The molecule has 0 bridgehead atoms. The van der Waals surface area contributed by atoms with Crippen molar-refractivity contribution in [1.82, 2.24) is 67.7 Å². The van der Waals surface area contributed by atoms with E-state index < -0.39 is 120 Å². The summed E-state index contributed by atoms with van der Waals surface area (Å²) >= 11 is 0. The zero-order chi connectivity index (χ0) is 67.1. The maximum atomic E-state index is 14.9. The number of carboxylic acids is 1. The second-order valence-electron chi connectivity index (χ2n) is 23.1. The number of phenolic OH excluding ortho intramolecular Hbond substituents is 1. The van der Waals surface area contributed by atoms with Gasteiger partial charge in [0.2, 0.25) is 59.1 Å². The number of hydrogen-bond acceptors (Lipinski definition) is 15. The van der Waals surface area contributed by atoms with Crippen LogP contribution in [0.1, 0.15) is 103 Å². The highest BCUT2D eigenvalue weighted by Crippen LogP contribution is 2.23. The number of nitrogens with one attached hydrogen (secondary N) is 11. The Morgan fingerprint density at radius 3 is 1.77 bits per heavy atom. The molecule has 9 atom stereocenters. The van der Waals surface area contributed by atoms with Crippen molar-refractivity contribution in [2.75, 3.05) is 26.2 Å². The van der Waals surface area contributed by atoms with Gasteiger partial charge in [0, 0.05) is 67.8 Å². The SMILES string of the molecule is CCNC(=O)[C@@H]1CCCN1C(=O)[C@H](CCCN)NC(=O)[C@H](CC(C)C)NC(=O)[C@@H](CC(C)C)NC(=O)[C@H](Cc1ccc(O)cc1)NC(=O)[C@H](Cc1c[nH]c2ccccc12)NC(=O)[C@H](CO)NC(=O)[C@H](Cc1cnc[nH]1)NC(=O)[C@@H]1CCC(=O)N1.O=C(O)C(F)(F)F. The zero-order valence-electron chi connectivity index (χ0n) is 51.2. The number of aromatic hydroxyl groups is 1. The molecule has 16 N–H and O–H groups in total. The zero-order valence-corrected chi connectivity index (χ0v) is 51.2. The van der Waals surface area contributed by atoms with Gasteiger partial charge >= 0.3 is 12.1 Å². The predicted molar refractivity (Wildman–Crippen MR) is 322 cm³/mol. The number of aliphatic hydroxyl groups excluding tert-OH is 1. The Morgan fingerprint density at radius 2 is 1.24 bits per heavy atom. The van der Waals surface area contributed by atoms with Crippen molar-refractivity contribution in [3.05, 3.63) is 84.1 Å². The molecule has 10 amide bonds. The van der Waals surface area contributed by atoms with Crippen LogP contribution in [-0.4, -0.2) is 187 Å². The molecule has 0 radical (unpaired) electrons. The maximum Gasteiger partial charge on any atom is 0.490 e. The number of likely N-dealkylation sites (N-methyl/N-ethyl adjacent to an activating group) is 1. The van der Waals surface area contributed by atoms with E-state index in [2.05, 4.69) is 62.8 Å². The second kappa shape index (κ2) is 34.7. The van der Waals surface area contributed by atoms with E-state index >= 15 is 0 Å². The van der Waals surface area contributed by atoms with Crippen LogP contribution < -0.4 is 53.6 Å². The molecule has 0 saturated carbocycles. The van der Waals surface area contributed by atoms with Gasteiger partial charge in [-0.3, -0.25) is 47.9 Å². The third-order valence-corrected chi connectivity index (χ3v) is 14.9. The summed E-state index contributed by atoms with van der Waals surface area (Å²) in [7, 11) is 0. The molecular weight excluding hydrogens is 1200 g/mol. The quantitative estimate of drug-likeness (QED) is 0.0312. The molecule has 91 heavy (non-hydrogen) atoms. The van der Waals surface area contributed by atoms with E-state index in [1.165, 1.54) is 41.7 Å². The van der Waals surface area contributed by atoms with Crippen LogP contribution >= 0.6 is 0 Å². The van der Waals surface area contributed by atoms with E-state index in [-0.39, 0.29) is 87.3 Å². The Bertz CT molecular complexity index is 3140. The molecule has 2 aromatic heterocycles. The minimum absolute atomic E-state index is 0.0678.